The molecule has 0 atom stereocenters. The molecule has 1 aromatic carbocycles. The van der Waals surface area contributed by atoms with Crippen LogP contribution in [0, 0.1) is 0 Å². The molecular weight excluding hydrogens is 304 g/mol. The standard InChI is InChI=1S/C15H19BrN2O/c16-14-11-7-6-10-13(14)15(19)18-17-12-8-4-2-1-3-5-9-12/h6-7,10-11H,1-5,8-9H2,(H,18,19). The number of hydrazone groups is 1. The van der Waals surface area contributed by atoms with Gasteiger partial charge in [0.1, 0.15) is 0 Å². The molecule has 1 N–H and O–H groups in total. The van der Waals surface area contributed by atoms with E-state index in [1.807, 2.05) is 18.2 Å². The van der Waals surface area contributed by atoms with Crippen molar-refractivity contribution in [2.24, 2.45) is 5.10 Å². The fraction of sp³-hybridized carbons (Fsp3) is 0.467. The summed E-state index contributed by atoms with van der Waals surface area (Å²) in [7, 11) is 0. The topological polar surface area (TPSA) is 41.5 Å². The molecule has 1 amide bonds. The number of rotatable bonds is 2. The molecule has 0 saturated heterocycles. The van der Waals surface area contributed by atoms with Crippen LogP contribution >= 0.6 is 15.9 Å². The molecule has 1 fully saturated rings. The van der Waals surface area contributed by atoms with Crippen LogP contribution in [-0.4, -0.2) is 11.6 Å². The third-order valence-electron chi connectivity index (χ3n) is 3.36. The lowest BCUT2D eigenvalue weighted by Crippen LogP contribution is -2.20. The molecule has 102 valence electrons. The van der Waals surface area contributed by atoms with E-state index in [4.69, 9.17) is 0 Å². The molecule has 1 aromatic rings. The zero-order valence-electron chi connectivity index (χ0n) is 11.0. The highest BCUT2D eigenvalue weighted by molar-refractivity contribution is 9.10. The molecule has 0 spiro atoms. The third-order valence-corrected chi connectivity index (χ3v) is 4.06. The summed E-state index contributed by atoms with van der Waals surface area (Å²) in [4.78, 5) is 12.0. The second kappa shape index (κ2) is 7.43. The summed E-state index contributed by atoms with van der Waals surface area (Å²) < 4.78 is 0.797. The zero-order valence-corrected chi connectivity index (χ0v) is 12.6. The highest BCUT2D eigenvalue weighted by Gasteiger charge is 2.09. The van der Waals surface area contributed by atoms with Gasteiger partial charge in [0.15, 0.2) is 0 Å². The molecule has 2 rings (SSSR count). The Labute approximate surface area is 122 Å². The van der Waals surface area contributed by atoms with Crippen molar-refractivity contribution < 1.29 is 4.79 Å². The first-order chi connectivity index (χ1) is 9.27. The summed E-state index contributed by atoms with van der Waals surface area (Å²) in [6, 6.07) is 7.39. The highest BCUT2D eigenvalue weighted by atomic mass is 79.9. The van der Waals surface area contributed by atoms with Crippen molar-refractivity contribution in [3.63, 3.8) is 0 Å². The average molecular weight is 323 g/mol. The van der Waals surface area contributed by atoms with E-state index < -0.39 is 0 Å². The van der Waals surface area contributed by atoms with Crippen LogP contribution in [0.3, 0.4) is 0 Å². The lowest BCUT2D eigenvalue weighted by molar-refractivity contribution is 0.0954. The molecule has 0 aliphatic heterocycles. The summed E-state index contributed by atoms with van der Waals surface area (Å²) in [6.45, 7) is 0. The van der Waals surface area contributed by atoms with E-state index in [1.54, 1.807) is 6.07 Å². The van der Waals surface area contributed by atoms with E-state index >= 15 is 0 Å². The van der Waals surface area contributed by atoms with Crippen LogP contribution in [0.2, 0.25) is 0 Å². The van der Waals surface area contributed by atoms with Gasteiger partial charge in [-0.25, -0.2) is 5.43 Å². The van der Waals surface area contributed by atoms with Gasteiger partial charge in [0.05, 0.1) is 5.56 Å². The van der Waals surface area contributed by atoms with Crippen molar-refractivity contribution in [2.45, 2.75) is 44.9 Å². The molecule has 0 radical (unpaired) electrons. The maximum atomic E-state index is 12.0. The van der Waals surface area contributed by atoms with Crippen LogP contribution < -0.4 is 5.43 Å². The van der Waals surface area contributed by atoms with E-state index in [-0.39, 0.29) is 5.91 Å². The van der Waals surface area contributed by atoms with Crippen LogP contribution in [0.25, 0.3) is 0 Å². The second-order valence-electron chi connectivity index (χ2n) is 4.87. The van der Waals surface area contributed by atoms with E-state index in [0.29, 0.717) is 5.56 Å². The largest absolute Gasteiger partial charge is 0.272 e. The van der Waals surface area contributed by atoms with Crippen molar-refractivity contribution in [1.82, 2.24) is 5.43 Å². The molecule has 19 heavy (non-hydrogen) atoms. The number of nitrogens with one attached hydrogen (secondary N) is 1. The summed E-state index contributed by atoms with van der Waals surface area (Å²) in [5.74, 6) is -0.151. The number of benzene rings is 1. The number of hydrogen-bond acceptors (Lipinski definition) is 2. The minimum Gasteiger partial charge on any atom is -0.267 e. The predicted molar refractivity (Wildman–Crippen MR) is 81.4 cm³/mol. The number of nitrogens with zero attached hydrogens (tertiary/aromatic N) is 1. The van der Waals surface area contributed by atoms with Gasteiger partial charge in [0.25, 0.3) is 5.91 Å². The summed E-state index contributed by atoms with van der Waals surface area (Å²) in [6.07, 6.45) is 8.27. The minimum atomic E-state index is -0.151. The molecule has 1 aliphatic rings. The predicted octanol–water partition coefficient (Wildman–Crippen LogP) is 4.28. The van der Waals surface area contributed by atoms with Crippen molar-refractivity contribution >= 4 is 27.5 Å². The normalized spacial score (nSPS) is 16.4. The number of amides is 1. The highest BCUT2D eigenvalue weighted by Crippen LogP contribution is 2.16. The molecule has 0 bridgehead atoms. The quantitative estimate of drug-likeness (QED) is 0.811. The number of hydrogen-bond donors (Lipinski definition) is 1. The van der Waals surface area contributed by atoms with E-state index in [0.717, 1.165) is 23.0 Å². The Balaban J connectivity index is 1.96. The molecule has 0 aromatic heterocycles. The van der Waals surface area contributed by atoms with Crippen molar-refractivity contribution in [1.29, 1.82) is 0 Å². The lowest BCUT2D eigenvalue weighted by atomic mass is 9.99. The minimum absolute atomic E-state index is 0.151. The Morgan fingerprint density at radius 1 is 1.05 bits per heavy atom. The van der Waals surface area contributed by atoms with Gasteiger partial charge >= 0.3 is 0 Å². The zero-order chi connectivity index (χ0) is 13.5. The summed E-state index contributed by atoms with van der Waals surface area (Å²) in [5.41, 5.74) is 4.42. The summed E-state index contributed by atoms with van der Waals surface area (Å²) in [5, 5.41) is 4.30. The lowest BCUT2D eigenvalue weighted by Gasteiger charge is -2.11. The maximum Gasteiger partial charge on any atom is 0.272 e. The van der Waals surface area contributed by atoms with E-state index in [9.17, 15) is 4.79 Å². The fourth-order valence-corrected chi connectivity index (χ4v) is 2.73. The van der Waals surface area contributed by atoms with Crippen LogP contribution in [0.5, 0.6) is 0 Å². The van der Waals surface area contributed by atoms with Crippen molar-refractivity contribution in [3.8, 4) is 0 Å². The Morgan fingerprint density at radius 3 is 2.37 bits per heavy atom. The van der Waals surface area contributed by atoms with Gasteiger partial charge in [-0.1, -0.05) is 31.4 Å². The van der Waals surface area contributed by atoms with Crippen LogP contribution in [-0.2, 0) is 0 Å². The van der Waals surface area contributed by atoms with Crippen LogP contribution in [0.15, 0.2) is 33.8 Å². The second-order valence-corrected chi connectivity index (χ2v) is 5.72. The van der Waals surface area contributed by atoms with Crippen molar-refractivity contribution in [2.75, 3.05) is 0 Å². The van der Waals surface area contributed by atoms with E-state index in [1.165, 1.54) is 32.1 Å². The monoisotopic (exact) mass is 322 g/mol. The molecule has 0 heterocycles. The fourth-order valence-electron chi connectivity index (χ4n) is 2.26. The van der Waals surface area contributed by atoms with Crippen LogP contribution in [0.1, 0.15) is 55.3 Å². The van der Waals surface area contributed by atoms with Gasteiger partial charge < -0.3 is 0 Å². The van der Waals surface area contributed by atoms with Gasteiger partial charge in [-0.2, -0.15) is 5.10 Å². The van der Waals surface area contributed by atoms with Crippen LogP contribution in [0.4, 0.5) is 0 Å². The number of halogens is 1. The summed E-state index contributed by atoms with van der Waals surface area (Å²) >= 11 is 3.38. The SMILES string of the molecule is O=C(NN=C1CCCCCCC1)c1ccccc1Br. The molecule has 3 nitrogen and oxygen atoms in total. The van der Waals surface area contributed by atoms with Gasteiger partial charge in [-0.15, -0.1) is 0 Å². The maximum absolute atomic E-state index is 12.0. The van der Waals surface area contributed by atoms with Gasteiger partial charge in [-0.3, -0.25) is 4.79 Å². The molecular formula is C15H19BrN2O. The Kier molecular flexibility index (Phi) is 5.58. The van der Waals surface area contributed by atoms with Gasteiger partial charge in [-0.05, 0) is 53.7 Å². The molecule has 0 unspecified atom stereocenters. The Bertz CT molecular complexity index is 461. The van der Waals surface area contributed by atoms with E-state index in [2.05, 4.69) is 26.5 Å². The first-order valence-corrected chi connectivity index (χ1v) is 7.67. The van der Waals surface area contributed by atoms with Crippen molar-refractivity contribution in [3.05, 3.63) is 34.3 Å². The molecule has 1 aliphatic carbocycles. The molecule has 4 heteroatoms. The average Bonchev–Trinajstić information content (AvgIpc) is 2.37. The Hall–Kier alpha value is -1.16. The number of carbonyl (C=O) groups excluding carboxylic acids is 1. The first-order valence-electron chi connectivity index (χ1n) is 6.87. The van der Waals surface area contributed by atoms with Gasteiger partial charge in [0, 0.05) is 10.2 Å². The third kappa shape index (κ3) is 4.46. The molecule has 1 saturated carbocycles. The smallest absolute Gasteiger partial charge is 0.267 e. The van der Waals surface area contributed by atoms with Gasteiger partial charge in [0.2, 0.25) is 0 Å². The first kappa shape index (κ1) is 14.3. The Morgan fingerprint density at radius 2 is 1.68 bits per heavy atom. The number of carbonyl (C=O) groups is 1.